The van der Waals surface area contributed by atoms with E-state index in [2.05, 4.69) is 17.6 Å². The Kier molecular flexibility index (Phi) is 5.80. The Balaban J connectivity index is 1.47. The largest absolute Gasteiger partial charge is 0.451 e. The van der Waals surface area contributed by atoms with Crippen LogP contribution >= 0.6 is 11.3 Å². The van der Waals surface area contributed by atoms with E-state index in [-0.39, 0.29) is 23.2 Å². The molecule has 9 heteroatoms. The molecule has 3 aromatic rings. The number of carbonyl (C=O) groups is 2. The van der Waals surface area contributed by atoms with Gasteiger partial charge in [-0.1, -0.05) is 19.1 Å². The average molecular weight is 501 g/mol. The quantitative estimate of drug-likeness (QED) is 0.552. The van der Waals surface area contributed by atoms with Crippen LogP contribution in [0.15, 0.2) is 22.6 Å². The fourth-order valence-corrected chi connectivity index (χ4v) is 8.03. The van der Waals surface area contributed by atoms with Gasteiger partial charge in [-0.2, -0.15) is 0 Å². The molecule has 2 N–H and O–H groups in total. The van der Waals surface area contributed by atoms with Gasteiger partial charge >= 0.3 is 0 Å². The molecule has 7 nitrogen and oxygen atoms in total. The molecule has 2 aliphatic rings. The highest BCUT2D eigenvalue weighted by atomic mass is 32.2. The molecule has 5 rings (SSSR count). The Morgan fingerprint density at radius 1 is 1.15 bits per heavy atom. The lowest BCUT2D eigenvalue weighted by Crippen LogP contribution is -2.36. The van der Waals surface area contributed by atoms with Gasteiger partial charge in [-0.3, -0.25) is 9.59 Å². The first-order valence-electron chi connectivity index (χ1n) is 11.6. The fourth-order valence-electron chi connectivity index (χ4n) is 4.95. The summed E-state index contributed by atoms with van der Waals surface area (Å²) in [5, 5.41) is 7.23. The van der Waals surface area contributed by atoms with Crippen LogP contribution in [0.4, 0.5) is 5.00 Å². The molecule has 1 aliphatic heterocycles. The van der Waals surface area contributed by atoms with Crippen LogP contribution in [0.25, 0.3) is 11.0 Å². The van der Waals surface area contributed by atoms with Gasteiger partial charge in [0, 0.05) is 21.9 Å². The van der Waals surface area contributed by atoms with Gasteiger partial charge in [-0.25, -0.2) is 8.42 Å². The molecule has 2 atom stereocenters. The number of benzene rings is 1. The van der Waals surface area contributed by atoms with Crippen LogP contribution in [0.3, 0.4) is 0 Å². The molecule has 1 fully saturated rings. The number of fused-ring (bicyclic) bond motifs is 2. The van der Waals surface area contributed by atoms with Crippen LogP contribution in [-0.4, -0.2) is 37.8 Å². The summed E-state index contributed by atoms with van der Waals surface area (Å²) >= 11 is 1.44. The van der Waals surface area contributed by atoms with Crippen molar-refractivity contribution >= 4 is 49.0 Å². The van der Waals surface area contributed by atoms with Gasteiger partial charge in [0.05, 0.1) is 17.1 Å². The van der Waals surface area contributed by atoms with Gasteiger partial charge in [0.1, 0.15) is 10.6 Å². The Labute approximate surface area is 202 Å². The van der Waals surface area contributed by atoms with Gasteiger partial charge in [0.15, 0.2) is 15.6 Å². The smallest absolute Gasteiger partial charge is 0.292 e. The third kappa shape index (κ3) is 4.27. The summed E-state index contributed by atoms with van der Waals surface area (Å²) in [5.74, 6) is 0.0735. The zero-order chi connectivity index (χ0) is 24.2. The van der Waals surface area contributed by atoms with Gasteiger partial charge in [0.2, 0.25) is 0 Å². The van der Waals surface area contributed by atoms with Gasteiger partial charge in [-0.05, 0) is 62.6 Å². The molecule has 2 amide bonds. The molecule has 1 saturated heterocycles. The van der Waals surface area contributed by atoms with Crippen LogP contribution in [0, 0.1) is 19.8 Å². The molecule has 0 bridgehead atoms. The number of aryl methyl sites for hydroxylation is 2. The number of hydrogen-bond donors (Lipinski definition) is 2. The summed E-state index contributed by atoms with van der Waals surface area (Å²) in [6.45, 7) is 6.00. The van der Waals surface area contributed by atoms with Gasteiger partial charge < -0.3 is 15.1 Å². The molecule has 3 heterocycles. The maximum Gasteiger partial charge on any atom is 0.292 e. The summed E-state index contributed by atoms with van der Waals surface area (Å²) in [6, 6.07) is 5.42. The zero-order valence-corrected chi connectivity index (χ0v) is 21.1. The number of rotatable bonds is 4. The van der Waals surface area contributed by atoms with Crippen molar-refractivity contribution in [3.05, 3.63) is 51.1 Å². The topological polar surface area (TPSA) is 105 Å². The minimum absolute atomic E-state index is 0.0403. The van der Waals surface area contributed by atoms with E-state index < -0.39 is 21.8 Å². The number of hydrogen-bond acceptors (Lipinski definition) is 6. The van der Waals surface area contributed by atoms with E-state index in [1.807, 2.05) is 32.0 Å². The van der Waals surface area contributed by atoms with Crippen molar-refractivity contribution in [2.45, 2.75) is 52.5 Å². The third-order valence-corrected chi connectivity index (χ3v) is 9.77. The summed E-state index contributed by atoms with van der Waals surface area (Å²) in [6.07, 6.45) is 3.00. The lowest BCUT2D eigenvalue weighted by Gasteiger charge is -2.19. The normalized spacial score (nSPS) is 21.4. The Morgan fingerprint density at radius 3 is 2.68 bits per heavy atom. The van der Waals surface area contributed by atoms with Crippen LogP contribution in [0.1, 0.15) is 62.2 Å². The highest BCUT2D eigenvalue weighted by Gasteiger charge is 2.33. The highest BCUT2D eigenvalue weighted by molar-refractivity contribution is 7.91. The SMILES string of the molecule is Cc1ccc2c(C)c(C(=O)Nc3sc4c(c3C(=O)N[C@@H]3CCS(=O)(=O)C3)CC[C@@H](C)C4)oc2c1. The third-order valence-electron chi connectivity index (χ3n) is 6.83. The number of carbonyl (C=O) groups excluding carboxylic acids is 2. The van der Waals surface area contributed by atoms with Crippen molar-refractivity contribution in [2.24, 2.45) is 5.92 Å². The van der Waals surface area contributed by atoms with Crippen LogP contribution in [-0.2, 0) is 22.7 Å². The van der Waals surface area contributed by atoms with Crippen molar-refractivity contribution in [1.29, 1.82) is 0 Å². The molecular weight excluding hydrogens is 472 g/mol. The van der Waals surface area contributed by atoms with Crippen LogP contribution in [0.2, 0.25) is 0 Å². The predicted octanol–water partition coefficient (Wildman–Crippen LogP) is 4.41. The molecule has 2 aromatic heterocycles. The number of furan rings is 1. The summed E-state index contributed by atoms with van der Waals surface area (Å²) in [7, 11) is -3.11. The Bertz CT molecular complexity index is 1420. The first-order chi connectivity index (χ1) is 16.1. The van der Waals surface area contributed by atoms with Crippen molar-refractivity contribution in [3.63, 3.8) is 0 Å². The first kappa shape index (κ1) is 23.1. The fraction of sp³-hybridized carbons (Fsp3) is 0.440. The second-order valence-electron chi connectivity index (χ2n) is 9.64. The number of nitrogens with one attached hydrogen (secondary N) is 2. The molecule has 0 unspecified atom stereocenters. The van der Waals surface area contributed by atoms with E-state index in [1.165, 1.54) is 11.3 Å². The van der Waals surface area contributed by atoms with Crippen LogP contribution in [0.5, 0.6) is 0 Å². The second-order valence-corrected chi connectivity index (χ2v) is 13.0. The maximum absolute atomic E-state index is 13.3. The monoisotopic (exact) mass is 500 g/mol. The van der Waals surface area contributed by atoms with E-state index >= 15 is 0 Å². The van der Waals surface area contributed by atoms with Crippen molar-refractivity contribution < 1.29 is 22.4 Å². The molecule has 34 heavy (non-hydrogen) atoms. The van der Waals surface area contributed by atoms with Gasteiger partial charge in [0.25, 0.3) is 11.8 Å². The molecule has 0 radical (unpaired) electrons. The summed E-state index contributed by atoms with van der Waals surface area (Å²) in [5.41, 5.74) is 3.89. The highest BCUT2D eigenvalue weighted by Crippen LogP contribution is 2.40. The van der Waals surface area contributed by atoms with Crippen molar-refractivity contribution in [3.8, 4) is 0 Å². The van der Waals surface area contributed by atoms with Crippen molar-refractivity contribution in [2.75, 3.05) is 16.8 Å². The molecule has 0 saturated carbocycles. The zero-order valence-electron chi connectivity index (χ0n) is 19.5. The average Bonchev–Trinajstić information content (AvgIpc) is 3.39. The lowest BCUT2D eigenvalue weighted by molar-refractivity contribution is 0.0941. The van der Waals surface area contributed by atoms with E-state index in [1.54, 1.807) is 0 Å². The number of thiophene rings is 1. The van der Waals surface area contributed by atoms with E-state index in [0.29, 0.717) is 28.5 Å². The molecular formula is C25H28N2O5S2. The van der Waals surface area contributed by atoms with E-state index in [0.717, 1.165) is 46.2 Å². The first-order valence-corrected chi connectivity index (χ1v) is 14.2. The lowest BCUT2D eigenvalue weighted by atomic mass is 9.88. The van der Waals surface area contributed by atoms with Crippen molar-refractivity contribution in [1.82, 2.24) is 5.32 Å². The maximum atomic E-state index is 13.3. The summed E-state index contributed by atoms with van der Waals surface area (Å²) in [4.78, 5) is 27.7. The van der Waals surface area contributed by atoms with Crippen LogP contribution < -0.4 is 10.6 Å². The van der Waals surface area contributed by atoms with Gasteiger partial charge in [-0.15, -0.1) is 11.3 Å². The minimum atomic E-state index is -3.11. The molecule has 180 valence electrons. The minimum Gasteiger partial charge on any atom is -0.451 e. The molecule has 1 aliphatic carbocycles. The predicted molar refractivity (Wildman–Crippen MR) is 134 cm³/mol. The molecule has 1 aromatic carbocycles. The second kappa shape index (κ2) is 8.53. The Morgan fingerprint density at radius 2 is 1.94 bits per heavy atom. The summed E-state index contributed by atoms with van der Waals surface area (Å²) < 4.78 is 29.6. The number of amides is 2. The molecule has 0 spiro atoms. The van der Waals surface area contributed by atoms with E-state index in [9.17, 15) is 18.0 Å². The Hall–Kier alpha value is -2.65. The number of sulfone groups is 1. The van der Waals surface area contributed by atoms with E-state index in [4.69, 9.17) is 4.42 Å². The standard InChI is InChI=1S/C25H28N2O5S2/c1-13-4-6-17-15(3)22(32-19(17)10-13)24(29)27-25-21(18-7-5-14(2)11-20(18)33-25)23(28)26-16-8-9-34(30,31)12-16/h4,6,10,14,16H,5,7-9,11-12H2,1-3H3,(H,26,28)(H,27,29)/t14-,16-/m1/s1. The number of anilines is 1.